The minimum atomic E-state index is -0.554. The molecule has 4 heteroatoms. The van der Waals surface area contributed by atoms with Crippen molar-refractivity contribution in [3.8, 4) is 0 Å². The first-order chi connectivity index (χ1) is 6.20. The number of halogens is 2. The maximum atomic E-state index is 13.1. The van der Waals surface area contributed by atoms with Crippen molar-refractivity contribution in [1.29, 1.82) is 0 Å². The number of nitrogens with one attached hydrogen (secondary N) is 1. The molecule has 2 aromatic rings. The van der Waals surface area contributed by atoms with Crippen molar-refractivity contribution in [2.75, 3.05) is 0 Å². The normalized spacial score (nSPS) is 10.6. The number of aromatic nitrogens is 1. The SMILES string of the molecule is O=c1cc[nH]c2c(Cl)ccc(F)c12. The third kappa shape index (κ3) is 1.21. The highest BCUT2D eigenvalue weighted by molar-refractivity contribution is 6.35. The Morgan fingerprint density at radius 3 is 2.77 bits per heavy atom. The molecule has 0 unspecified atom stereocenters. The molecule has 1 N–H and O–H groups in total. The summed E-state index contributed by atoms with van der Waals surface area (Å²) in [6.45, 7) is 0. The van der Waals surface area contributed by atoms with E-state index in [4.69, 9.17) is 11.6 Å². The summed E-state index contributed by atoms with van der Waals surface area (Å²) in [5.74, 6) is -0.554. The highest BCUT2D eigenvalue weighted by Gasteiger charge is 2.06. The van der Waals surface area contributed by atoms with Crippen molar-refractivity contribution >= 4 is 22.5 Å². The van der Waals surface area contributed by atoms with Crippen LogP contribution < -0.4 is 5.43 Å². The van der Waals surface area contributed by atoms with E-state index in [-0.39, 0.29) is 10.8 Å². The topological polar surface area (TPSA) is 32.9 Å². The molecule has 0 amide bonds. The van der Waals surface area contributed by atoms with E-state index in [0.29, 0.717) is 10.5 Å². The van der Waals surface area contributed by atoms with Gasteiger partial charge < -0.3 is 4.98 Å². The summed E-state index contributed by atoms with van der Waals surface area (Å²) in [7, 11) is 0. The average Bonchev–Trinajstić information content (AvgIpc) is 2.12. The van der Waals surface area contributed by atoms with Crippen molar-refractivity contribution in [3.05, 3.63) is 45.5 Å². The number of hydrogen-bond acceptors (Lipinski definition) is 1. The maximum Gasteiger partial charge on any atom is 0.192 e. The largest absolute Gasteiger partial charge is 0.360 e. The van der Waals surface area contributed by atoms with Gasteiger partial charge in [-0.3, -0.25) is 4.79 Å². The average molecular weight is 198 g/mol. The molecule has 1 heterocycles. The second-order valence-electron chi connectivity index (χ2n) is 2.62. The first-order valence-electron chi connectivity index (χ1n) is 3.65. The van der Waals surface area contributed by atoms with Crippen LogP contribution in [0.5, 0.6) is 0 Å². The first-order valence-corrected chi connectivity index (χ1v) is 4.03. The third-order valence-corrected chi connectivity index (χ3v) is 2.13. The fraction of sp³-hybridized carbons (Fsp3) is 0. The maximum absolute atomic E-state index is 13.1. The summed E-state index contributed by atoms with van der Waals surface area (Å²) >= 11 is 5.76. The zero-order valence-electron chi connectivity index (χ0n) is 6.47. The van der Waals surface area contributed by atoms with Gasteiger partial charge in [0.05, 0.1) is 15.9 Å². The molecule has 0 bridgehead atoms. The zero-order chi connectivity index (χ0) is 9.42. The quantitative estimate of drug-likeness (QED) is 0.691. The Bertz CT molecular complexity index is 520. The fourth-order valence-corrected chi connectivity index (χ4v) is 1.43. The van der Waals surface area contributed by atoms with Gasteiger partial charge in [0, 0.05) is 12.3 Å². The van der Waals surface area contributed by atoms with Crippen LogP contribution >= 0.6 is 11.6 Å². The summed E-state index contributed by atoms with van der Waals surface area (Å²) in [6.07, 6.45) is 1.44. The molecule has 66 valence electrons. The Morgan fingerprint density at radius 1 is 1.31 bits per heavy atom. The molecule has 0 saturated carbocycles. The monoisotopic (exact) mass is 197 g/mol. The van der Waals surface area contributed by atoms with Crippen LogP contribution in [0.3, 0.4) is 0 Å². The molecule has 1 aromatic carbocycles. The molecule has 0 aliphatic heterocycles. The Kier molecular flexibility index (Phi) is 1.81. The minimum absolute atomic E-state index is 0.00926. The molecule has 0 spiro atoms. The van der Waals surface area contributed by atoms with E-state index >= 15 is 0 Å². The molecular formula is C9H5ClFNO. The Hall–Kier alpha value is -1.35. The van der Waals surface area contributed by atoms with Gasteiger partial charge in [0.2, 0.25) is 0 Å². The Morgan fingerprint density at radius 2 is 2.08 bits per heavy atom. The molecule has 0 saturated heterocycles. The lowest BCUT2D eigenvalue weighted by Crippen LogP contribution is -2.02. The smallest absolute Gasteiger partial charge is 0.192 e. The van der Waals surface area contributed by atoms with Crippen LogP contribution in [-0.2, 0) is 0 Å². The number of hydrogen-bond donors (Lipinski definition) is 1. The molecular weight excluding hydrogens is 193 g/mol. The molecule has 0 fully saturated rings. The predicted octanol–water partition coefficient (Wildman–Crippen LogP) is 2.32. The van der Waals surface area contributed by atoms with Crippen molar-refractivity contribution in [1.82, 2.24) is 4.98 Å². The van der Waals surface area contributed by atoms with Crippen LogP contribution in [0.2, 0.25) is 5.02 Å². The summed E-state index contributed by atoms with van der Waals surface area (Å²) in [5, 5.41) is 0.351. The number of fused-ring (bicyclic) bond motifs is 1. The Labute approximate surface area is 78.0 Å². The van der Waals surface area contributed by atoms with E-state index in [1.54, 1.807) is 0 Å². The lowest BCUT2D eigenvalue weighted by Gasteiger charge is -1.99. The van der Waals surface area contributed by atoms with E-state index in [0.717, 1.165) is 0 Å². The molecule has 2 rings (SSSR count). The third-order valence-electron chi connectivity index (χ3n) is 1.81. The fourth-order valence-electron chi connectivity index (χ4n) is 1.22. The standard InChI is InChI=1S/C9H5ClFNO/c10-5-1-2-6(11)8-7(13)3-4-12-9(5)8/h1-4H,(H,12,13). The van der Waals surface area contributed by atoms with Crippen molar-refractivity contribution in [2.24, 2.45) is 0 Å². The van der Waals surface area contributed by atoms with E-state index in [9.17, 15) is 9.18 Å². The van der Waals surface area contributed by atoms with Gasteiger partial charge in [0.25, 0.3) is 0 Å². The summed E-state index contributed by atoms with van der Waals surface area (Å²) < 4.78 is 13.1. The van der Waals surface area contributed by atoms with Crippen LogP contribution in [0, 0.1) is 5.82 Å². The molecule has 0 aliphatic rings. The summed E-state index contributed by atoms with van der Waals surface area (Å²) in [6, 6.07) is 3.86. The van der Waals surface area contributed by atoms with Gasteiger partial charge in [-0.15, -0.1) is 0 Å². The zero-order valence-corrected chi connectivity index (χ0v) is 7.23. The first kappa shape index (κ1) is 8.26. The Balaban J connectivity index is 3.09. The van der Waals surface area contributed by atoms with Crippen LogP contribution in [-0.4, -0.2) is 4.98 Å². The van der Waals surface area contributed by atoms with E-state index < -0.39 is 5.82 Å². The number of pyridine rings is 1. The van der Waals surface area contributed by atoms with Crippen LogP contribution in [0.1, 0.15) is 0 Å². The minimum Gasteiger partial charge on any atom is -0.360 e. The van der Waals surface area contributed by atoms with Crippen molar-refractivity contribution < 1.29 is 4.39 Å². The van der Waals surface area contributed by atoms with Crippen LogP contribution in [0.4, 0.5) is 4.39 Å². The van der Waals surface area contributed by atoms with Gasteiger partial charge in [-0.25, -0.2) is 4.39 Å². The highest BCUT2D eigenvalue weighted by atomic mass is 35.5. The second kappa shape index (κ2) is 2.85. The molecule has 0 atom stereocenters. The molecule has 13 heavy (non-hydrogen) atoms. The summed E-state index contributed by atoms with van der Waals surface area (Å²) in [4.78, 5) is 14.0. The van der Waals surface area contributed by atoms with Gasteiger partial charge in [0.15, 0.2) is 5.43 Å². The number of H-pyrrole nitrogens is 1. The molecule has 0 aliphatic carbocycles. The second-order valence-corrected chi connectivity index (χ2v) is 3.03. The van der Waals surface area contributed by atoms with Gasteiger partial charge >= 0.3 is 0 Å². The van der Waals surface area contributed by atoms with Crippen molar-refractivity contribution in [2.45, 2.75) is 0 Å². The van der Waals surface area contributed by atoms with Gasteiger partial charge in [-0.05, 0) is 12.1 Å². The predicted molar refractivity (Wildman–Crippen MR) is 49.5 cm³/mol. The van der Waals surface area contributed by atoms with E-state index in [1.807, 2.05) is 0 Å². The van der Waals surface area contributed by atoms with Crippen LogP contribution in [0.15, 0.2) is 29.2 Å². The van der Waals surface area contributed by atoms with Gasteiger partial charge in [0.1, 0.15) is 5.82 Å². The number of rotatable bonds is 0. The molecule has 1 aromatic heterocycles. The lowest BCUT2D eigenvalue weighted by atomic mass is 10.2. The number of benzene rings is 1. The number of aromatic amines is 1. The van der Waals surface area contributed by atoms with E-state index in [1.165, 1.54) is 24.4 Å². The molecule has 0 radical (unpaired) electrons. The highest BCUT2D eigenvalue weighted by Crippen LogP contribution is 2.20. The van der Waals surface area contributed by atoms with Gasteiger partial charge in [-0.2, -0.15) is 0 Å². The van der Waals surface area contributed by atoms with Crippen LogP contribution in [0.25, 0.3) is 10.9 Å². The van der Waals surface area contributed by atoms with Gasteiger partial charge in [-0.1, -0.05) is 11.6 Å². The molecule has 2 nitrogen and oxygen atoms in total. The summed E-state index contributed by atoms with van der Waals surface area (Å²) in [5.41, 5.74) is -0.0251. The van der Waals surface area contributed by atoms with Crippen molar-refractivity contribution in [3.63, 3.8) is 0 Å². The lowest BCUT2D eigenvalue weighted by molar-refractivity contribution is 0.639. The van der Waals surface area contributed by atoms with E-state index in [2.05, 4.69) is 4.98 Å².